The summed E-state index contributed by atoms with van der Waals surface area (Å²) in [5.74, 6) is 1.60. The molecule has 2 aromatic rings. The standard InChI is InChI=1S/C20H24ClN3O3/c21-16-5-3-15(4-6-16)12-17-13-22-20(27-17)18-2-1-7-24(18)19(25)14-23-8-10-26-11-9-23/h3-6,13,18H,1-2,7-12,14H2/t18-/m1/s1. The van der Waals surface area contributed by atoms with E-state index in [1.165, 1.54) is 0 Å². The zero-order valence-electron chi connectivity index (χ0n) is 15.3. The summed E-state index contributed by atoms with van der Waals surface area (Å²) in [6.07, 6.45) is 4.32. The fourth-order valence-electron chi connectivity index (χ4n) is 3.73. The number of hydrogen-bond acceptors (Lipinski definition) is 5. The zero-order chi connectivity index (χ0) is 18.6. The number of likely N-dealkylation sites (tertiary alicyclic amines) is 1. The summed E-state index contributed by atoms with van der Waals surface area (Å²) < 4.78 is 11.4. The molecule has 0 unspecified atom stereocenters. The van der Waals surface area contributed by atoms with Crippen LogP contribution in [0.5, 0.6) is 0 Å². The van der Waals surface area contributed by atoms with Gasteiger partial charge in [0.05, 0.1) is 26.0 Å². The minimum Gasteiger partial charge on any atom is -0.443 e. The molecule has 7 heteroatoms. The van der Waals surface area contributed by atoms with Crippen LogP contribution in [0, 0.1) is 0 Å². The summed E-state index contributed by atoms with van der Waals surface area (Å²) in [5.41, 5.74) is 1.12. The predicted molar refractivity (Wildman–Crippen MR) is 102 cm³/mol. The van der Waals surface area contributed by atoms with Gasteiger partial charge in [-0.3, -0.25) is 9.69 Å². The molecule has 0 saturated carbocycles. The van der Waals surface area contributed by atoms with E-state index >= 15 is 0 Å². The van der Waals surface area contributed by atoms with Gasteiger partial charge in [-0.25, -0.2) is 4.98 Å². The highest BCUT2D eigenvalue weighted by atomic mass is 35.5. The molecule has 0 bridgehead atoms. The van der Waals surface area contributed by atoms with Crippen molar-refractivity contribution in [1.29, 1.82) is 0 Å². The molecule has 1 atom stereocenters. The van der Waals surface area contributed by atoms with E-state index in [0.29, 0.717) is 32.1 Å². The first-order chi connectivity index (χ1) is 13.2. The highest BCUT2D eigenvalue weighted by molar-refractivity contribution is 6.30. The third-order valence-corrected chi connectivity index (χ3v) is 5.44. The Balaban J connectivity index is 1.40. The fraction of sp³-hybridized carbons (Fsp3) is 0.500. The third-order valence-electron chi connectivity index (χ3n) is 5.18. The van der Waals surface area contributed by atoms with E-state index in [-0.39, 0.29) is 11.9 Å². The Morgan fingerprint density at radius 3 is 2.74 bits per heavy atom. The minimum atomic E-state index is -0.0579. The molecule has 2 aliphatic rings. The molecule has 2 aliphatic heterocycles. The van der Waals surface area contributed by atoms with Crippen LogP contribution in [0.2, 0.25) is 5.02 Å². The lowest BCUT2D eigenvalue weighted by Gasteiger charge is -2.29. The Bertz CT molecular complexity index is 771. The van der Waals surface area contributed by atoms with Crippen molar-refractivity contribution in [1.82, 2.24) is 14.8 Å². The van der Waals surface area contributed by atoms with Gasteiger partial charge in [0.25, 0.3) is 0 Å². The molecule has 6 nitrogen and oxygen atoms in total. The van der Waals surface area contributed by atoms with E-state index in [1.54, 1.807) is 6.20 Å². The topological polar surface area (TPSA) is 58.8 Å². The second-order valence-electron chi connectivity index (χ2n) is 7.10. The van der Waals surface area contributed by atoms with Gasteiger partial charge in [-0.05, 0) is 30.5 Å². The summed E-state index contributed by atoms with van der Waals surface area (Å²) in [6.45, 7) is 4.24. The van der Waals surface area contributed by atoms with Crippen molar-refractivity contribution in [2.75, 3.05) is 39.4 Å². The lowest BCUT2D eigenvalue weighted by molar-refractivity contribution is -0.134. The summed E-state index contributed by atoms with van der Waals surface area (Å²) >= 11 is 5.94. The normalized spacial score (nSPS) is 20.9. The lowest BCUT2D eigenvalue weighted by atomic mass is 10.1. The Morgan fingerprint density at radius 2 is 1.96 bits per heavy atom. The first-order valence-electron chi connectivity index (χ1n) is 9.47. The molecule has 0 N–H and O–H groups in total. The molecule has 1 aromatic heterocycles. The quantitative estimate of drug-likeness (QED) is 0.786. The van der Waals surface area contributed by atoms with Crippen molar-refractivity contribution < 1.29 is 13.9 Å². The highest BCUT2D eigenvalue weighted by Gasteiger charge is 2.34. The van der Waals surface area contributed by atoms with Gasteiger partial charge in [0.2, 0.25) is 11.8 Å². The van der Waals surface area contributed by atoms with E-state index < -0.39 is 0 Å². The number of ether oxygens (including phenoxy) is 1. The van der Waals surface area contributed by atoms with Crippen LogP contribution in [-0.2, 0) is 16.0 Å². The molecule has 0 radical (unpaired) electrons. The van der Waals surface area contributed by atoms with Gasteiger partial charge < -0.3 is 14.1 Å². The van der Waals surface area contributed by atoms with E-state index in [4.69, 9.17) is 20.8 Å². The van der Waals surface area contributed by atoms with Crippen LogP contribution in [0.4, 0.5) is 0 Å². The Morgan fingerprint density at radius 1 is 1.19 bits per heavy atom. The second kappa shape index (κ2) is 8.42. The van der Waals surface area contributed by atoms with E-state index in [9.17, 15) is 4.79 Å². The average molecular weight is 390 g/mol. The predicted octanol–water partition coefficient (Wildman–Crippen LogP) is 2.91. The van der Waals surface area contributed by atoms with Crippen LogP contribution < -0.4 is 0 Å². The van der Waals surface area contributed by atoms with E-state index in [0.717, 1.165) is 48.8 Å². The van der Waals surface area contributed by atoms with Crippen molar-refractivity contribution in [3.8, 4) is 0 Å². The number of aromatic nitrogens is 1. The first kappa shape index (κ1) is 18.5. The van der Waals surface area contributed by atoms with Gasteiger partial charge in [-0.15, -0.1) is 0 Å². The molecule has 2 fully saturated rings. The van der Waals surface area contributed by atoms with Crippen LogP contribution in [0.25, 0.3) is 0 Å². The Labute approximate surface area is 164 Å². The molecule has 144 valence electrons. The van der Waals surface area contributed by atoms with Crippen LogP contribution in [0.3, 0.4) is 0 Å². The summed E-state index contributed by atoms with van der Waals surface area (Å²) in [5, 5.41) is 0.720. The van der Waals surface area contributed by atoms with Crippen molar-refractivity contribution >= 4 is 17.5 Å². The van der Waals surface area contributed by atoms with E-state index in [1.807, 2.05) is 29.2 Å². The first-order valence-corrected chi connectivity index (χ1v) is 9.85. The van der Waals surface area contributed by atoms with Crippen LogP contribution in [0.1, 0.15) is 36.1 Å². The molecule has 1 amide bonds. The monoisotopic (exact) mass is 389 g/mol. The minimum absolute atomic E-state index is 0.0579. The van der Waals surface area contributed by atoms with Crippen molar-refractivity contribution in [2.24, 2.45) is 0 Å². The molecular weight excluding hydrogens is 366 g/mol. The maximum absolute atomic E-state index is 12.8. The molecule has 2 saturated heterocycles. The molecular formula is C20H24ClN3O3. The Kier molecular flexibility index (Phi) is 5.76. The van der Waals surface area contributed by atoms with Crippen LogP contribution in [-0.4, -0.2) is 60.1 Å². The van der Waals surface area contributed by atoms with Gasteiger partial charge >= 0.3 is 0 Å². The number of morpholine rings is 1. The number of hydrogen-bond donors (Lipinski definition) is 0. The summed E-state index contributed by atoms with van der Waals surface area (Å²) in [4.78, 5) is 21.3. The third kappa shape index (κ3) is 4.51. The van der Waals surface area contributed by atoms with Gasteiger partial charge in [0.15, 0.2) is 0 Å². The largest absolute Gasteiger partial charge is 0.443 e. The number of carbonyl (C=O) groups is 1. The van der Waals surface area contributed by atoms with Crippen LogP contribution >= 0.6 is 11.6 Å². The van der Waals surface area contributed by atoms with Crippen molar-refractivity contribution in [3.63, 3.8) is 0 Å². The number of carbonyl (C=O) groups excluding carboxylic acids is 1. The number of oxazole rings is 1. The molecule has 1 aromatic carbocycles. The van der Waals surface area contributed by atoms with Gasteiger partial charge in [-0.1, -0.05) is 23.7 Å². The highest BCUT2D eigenvalue weighted by Crippen LogP contribution is 2.32. The SMILES string of the molecule is O=C(CN1CCOCC1)N1CCC[C@@H]1c1ncc(Cc2ccc(Cl)cc2)o1. The van der Waals surface area contributed by atoms with Crippen molar-refractivity contribution in [2.45, 2.75) is 25.3 Å². The molecule has 27 heavy (non-hydrogen) atoms. The summed E-state index contributed by atoms with van der Waals surface area (Å²) in [7, 11) is 0. The number of rotatable bonds is 5. The zero-order valence-corrected chi connectivity index (χ0v) is 16.0. The number of nitrogens with zero attached hydrogens (tertiary/aromatic N) is 3. The van der Waals surface area contributed by atoms with Gasteiger partial charge in [0, 0.05) is 31.1 Å². The second-order valence-corrected chi connectivity index (χ2v) is 7.54. The molecule has 0 aliphatic carbocycles. The lowest BCUT2D eigenvalue weighted by Crippen LogP contribution is -2.44. The maximum atomic E-state index is 12.8. The average Bonchev–Trinajstić information content (AvgIpc) is 3.33. The number of benzene rings is 1. The smallest absolute Gasteiger partial charge is 0.237 e. The molecule has 3 heterocycles. The number of amides is 1. The van der Waals surface area contributed by atoms with Crippen molar-refractivity contribution in [3.05, 3.63) is 52.7 Å². The number of halogens is 1. The molecule has 4 rings (SSSR count). The summed E-state index contributed by atoms with van der Waals surface area (Å²) in [6, 6.07) is 7.66. The van der Waals surface area contributed by atoms with Gasteiger partial charge in [-0.2, -0.15) is 0 Å². The fourth-order valence-corrected chi connectivity index (χ4v) is 3.85. The maximum Gasteiger partial charge on any atom is 0.237 e. The Hall–Kier alpha value is -1.89. The van der Waals surface area contributed by atoms with Gasteiger partial charge in [0.1, 0.15) is 11.8 Å². The van der Waals surface area contributed by atoms with E-state index in [2.05, 4.69) is 9.88 Å². The van der Waals surface area contributed by atoms with Crippen LogP contribution in [0.15, 0.2) is 34.9 Å². The molecule has 0 spiro atoms.